The Bertz CT molecular complexity index is 229. The lowest BCUT2D eigenvalue weighted by molar-refractivity contribution is 0.109. The number of carbonyl (C=O) groups excluding carboxylic acids is 1. The number of unbranched alkanes of at least 4 members (excludes halogenated alkanes) is 1. The van der Waals surface area contributed by atoms with Gasteiger partial charge in [-0.2, -0.15) is 0 Å². The van der Waals surface area contributed by atoms with Crippen LogP contribution in [0.4, 0.5) is 0 Å². The molecule has 0 aromatic carbocycles. The Hall–Kier alpha value is -0.280. The molecule has 1 heterocycles. The van der Waals surface area contributed by atoms with Gasteiger partial charge in [0.2, 0.25) is 5.12 Å². The zero-order valence-corrected chi connectivity index (χ0v) is 8.71. The molecule has 0 saturated carbocycles. The monoisotopic (exact) mass is 200 g/mol. The fourth-order valence-electron chi connectivity index (χ4n) is 0.775. The zero-order chi connectivity index (χ0) is 8.81. The van der Waals surface area contributed by atoms with Crippen molar-refractivity contribution < 1.29 is 4.79 Å². The first kappa shape index (κ1) is 9.81. The van der Waals surface area contributed by atoms with E-state index in [4.69, 9.17) is 0 Å². The van der Waals surface area contributed by atoms with Crippen LogP contribution in [0.25, 0.3) is 0 Å². The highest BCUT2D eigenvalue weighted by molar-refractivity contribution is 8.14. The molecule has 0 aliphatic heterocycles. The minimum Gasteiger partial charge on any atom is -0.281 e. The SMILES string of the molecule is CCCCSC(=O)c1cccs1. The quantitative estimate of drug-likeness (QED) is 0.693. The molecule has 1 nitrogen and oxygen atoms in total. The second-order valence-electron chi connectivity index (χ2n) is 2.47. The lowest BCUT2D eigenvalue weighted by atomic mass is 10.4. The van der Waals surface area contributed by atoms with Gasteiger partial charge in [0.15, 0.2) is 0 Å². The summed E-state index contributed by atoms with van der Waals surface area (Å²) in [5.74, 6) is 0.952. The van der Waals surface area contributed by atoms with Gasteiger partial charge >= 0.3 is 0 Å². The van der Waals surface area contributed by atoms with Crippen molar-refractivity contribution in [2.75, 3.05) is 5.75 Å². The number of carbonyl (C=O) groups is 1. The van der Waals surface area contributed by atoms with Crippen LogP contribution in [0.2, 0.25) is 0 Å². The molecule has 12 heavy (non-hydrogen) atoms. The summed E-state index contributed by atoms with van der Waals surface area (Å²) in [6.07, 6.45) is 2.28. The third-order valence-electron chi connectivity index (χ3n) is 1.45. The zero-order valence-electron chi connectivity index (χ0n) is 7.08. The minimum atomic E-state index is 0.221. The summed E-state index contributed by atoms with van der Waals surface area (Å²) in [5.41, 5.74) is 0. The number of thioether (sulfide) groups is 1. The minimum absolute atomic E-state index is 0.221. The first-order chi connectivity index (χ1) is 5.84. The van der Waals surface area contributed by atoms with Gasteiger partial charge in [0.05, 0.1) is 4.88 Å². The normalized spacial score (nSPS) is 10.1. The molecule has 0 atom stereocenters. The Morgan fingerprint density at radius 3 is 3.08 bits per heavy atom. The summed E-state index contributed by atoms with van der Waals surface area (Å²) >= 11 is 2.95. The Morgan fingerprint density at radius 2 is 2.50 bits per heavy atom. The van der Waals surface area contributed by atoms with Crippen molar-refractivity contribution in [2.24, 2.45) is 0 Å². The largest absolute Gasteiger partial charge is 0.281 e. The van der Waals surface area contributed by atoms with Crippen LogP contribution >= 0.6 is 23.1 Å². The summed E-state index contributed by atoms with van der Waals surface area (Å²) in [4.78, 5) is 12.2. The van der Waals surface area contributed by atoms with Gasteiger partial charge in [0, 0.05) is 5.75 Å². The third-order valence-corrected chi connectivity index (χ3v) is 3.43. The molecule has 0 radical (unpaired) electrons. The maximum atomic E-state index is 11.4. The molecular formula is C9H12OS2. The van der Waals surface area contributed by atoms with E-state index in [0.29, 0.717) is 0 Å². The Kier molecular flexibility index (Phi) is 4.40. The van der Waals surface area contributed by atoms with E-state index in [2.05, 4.69) is 6.92 Å². The molecule has 1 rings (SSSR count). The topological polar surface area (TPSA) is 17.1 Å². The molecule has 0 saturated heterocycles. The highest BCUT2D eigenvalue weighted by atomic mass is 32.2. The van der Waals surface area contributed by atoms with Crippen molar-refractivity contribution in [3.8, 4) is 0 Å². The van der Waals surface area contributed by atoms with Gasteiger partial charge in [-0.1, -0.05) is 31.2 Å². The first-order valence-electron chi connectivity index (χ1n) is 4.05. The molecule has 3 heteroatoms. The molecule has 0 bridgehead atoms. The van der Waals surface area contributed by atoms with Crippen LogP contribution in [0.5, 0.6) is 0 Å². The molecule has 66 valence electrons. The molecule has 0 N–H and O–H groups in total. The van der Waals surface area contributed by atoms with Crippen molar-refractivity contribution in [1.82, 2.24) is 0 Å². The molecule has 1 aromatic heterocycles. The van der Waals surface area contributed by atoms with Crippen molar-refractivity contribution in [3.63, 3.8) is 0 Å². The number of hydrogen-bond acceptors (Lipinski definition) is 3. The summed E-state index contributed by atoms with van der Waals surface area (Å²) in [6, 6.07) is 3.80. The van der Waals surface area contributed by atoms with Crippen LogP contribution in [-0.2, 0) is 0 Å². The van der Waals surface area contributed by atoms with E-state index >= 15 is 0 Å². The molecule has 0 aliphatic carbocycles. The molecule has 0 fully saturated rings. The molecule has 0 unspecified atom stereocenters. The summed E-state index contributed by atoms with van der Waals surface area (Å²) in [7, 11) is 0. The molecule has 1 aromatic rings. The standard InChI is InChI=1S/C9H12OS2/c1-2-3-6-12-9(10)8-5-4-7-11-8/h4-5,7H,2-3,6H2,1H3. The van der Waals surface area contributed by atoms with Crippen molar-refractivity contribution in [1.29, 1.82) is 0 Å². The van der Waals surface area contributed by atoms with Crippen LogP contribution in [0.3, 0.4) is 0 Å². The predicted octanol–water partition coefficient (Wildman–Crippen LogP) is 3.42. The maximum Gasteiger partial charge on any atom is 0.229 e. The van der Waals surface area contributed by atoms with E-state index in [1.807, 2.05) is 17.5 Å². The maximum absolute atomic E-state index is 11.4. The van der Waals surface area contributed by atoms with E-state index in [9.17, 15) is 4.79 Å². The fraction of sp³-hybridized carbons (Fsp3) is 0.444. The summed E-state index contributed by atoms with van der Waals surface area (Å²) in [5, 5.41) is 2.16. The second kappa shape index (κ2) is 5.38. The summed E-state index contributed by atoms with van der Waals surface area (Å²) in [6.45, 7) is 2.14. The average Bonchev–Trinajstić information content (AvgIpc) is 2.56. The Labute approximate surface area is 81.2 Å². The van der Waals surface area contributed by atoms with Gasteiger partial charge in [-0.05, 0) is 17.9 Å². The van der Waals surface area contributed by atoms with Crippen LogP contribution in [0.1, 0.15) is 29.4 Å². The third kappa shape index (κ3) is 2.99. The van der Waals surface area contributed by atoms with Crippen LogP contribution in [0.15, 0.2) is 17.5 Å². The van der Waals surface area contributed by atoms with Gasteiger partial charge in [-0.15, -0.1) is 11.3 Å². The molecule has 0 spiro atoms. The Balaban J connectivity index is 2.30. The number of thiophene rings is 1. The van der Waals surface area contributed by atoms with Crippen LogP contribution in [-0.4, -0.2) is 10.9 Å². The van der Waals surface area contributed by atoms with Crippen molar-refractivity contribution in [3.05, 3.63) is 22.4 Å². The van der Waals surface area contributed by atoms with E-state index in [1.165, 1.54) is 23.1 Å². The molecule has 0 aliphatic rings. The highest BCUT2D eigenvalue weighted by Crippen LogP contribution is 2.17. The summed E-state index contributed by atoms with van der Waals surface area (Å²) < 4.78 is 0. The van der Waals surface area contributed by atoms with Gasteiger partial charge in [0.25, 0.3) is 0 Å². The van der Waals surface area contributed by atoms with E-state index in [0.717, 1.165) is 23.5 Å². The molecule has 0 amide bonds. The van der Waals surface area contributed by atoms with Crippen LogP contribution < -0.4 is 0 Å². The first-order valence-corrected chi connectivity index (χ1v) is 5.91. The van der Waals surface area contributed by atoms with E-state index in [-0.39, 0.29) is 5.12 Å². The van der Waals surface area contributed by atoms with E-state index in [1.54, 1.807) is 0 Å². The van der Waals surface area contributed by atoms with E-state index < -0.39 is 0 Å². The van der Waals surface area contributed by atoms with Gasteiger partial charge in [-0.25, -0.2) is 0 Å². The number of hydrogen-bond donors (Lipinski definition) is 0. The smallest absolute Gasteiger partial charge is 0.229 e. The predicted molar refractivity (Wildman–Crippen MR) is 56.0 cm³/mol. The number of rotatable bonds is 4. The fourth-order valence-corrected chi connectivity index (χ4v) is 2.48. The second-order valence-corrected chi connectivity index (χ2v) is 4.48. The van der Waals surface area contributed by atoms with Gasteiger partial charge in [0.1, 0.15) is 0 Å². The van der Waals surface area contributed by atoms with Gasteiger partial charge in [-0.3, -0.25) is 4.79 Å². The lowest BCUT2D eigenvalue weighted by Gasteiger charge is -1.95. The Morgan fingerprint density at radius 1 is 1.67 bits per heavy atom. The highest BCUT2D eigenvalue weighted by Gasteiger charge is 2.05. The van der Waals surface area contributed by atoms with Crippen molar-refractivity contribution in [2.45, 2.75) is 19.8 Å². The van der Waals surface area contributed by atoms with Gasteiger partial charge < -0.3 is 0 Å². The van der Waals surface area contributed by atoms with Crippen molar-refractivity contribution >= 4 is 28.2 Å². The van der Waals surface area contributed by atoms with Crippen LogP contribution in [0, 0.1) is 0 Å². The average molecular weight is 200 g/mol. The lowest BCUT2D eigenvalue weighted by Crippen LogP contribution is -1.90. The molecular weight excluding hydrogens is 188 g/mol.